The van der Waals surface area contributed by atoms with E-state index in [0.717, 1.165) is 6.42 Å². The van der Waals surface area contributed by atoms with Gasteiger partial charge in [0.05, 0.1) is 9.52 Å². The summed E-state index contributed by atoms with van der Waals surface area (Å²) in [4.78, 5) is 0. The lowest BCUT2D eigenvalue weighted by Gasteiger charge is -2.38. The first kappa shape index (κ1) is 11.0. The first-order valence-electron chi connectivity index (χ1n) is 4.72. The third-order valence-corrected chi connectivity index (χ3v) is 4.79. The van der Waals surface area contributed by atoms with Gasteiger partial charge in [0, 0.05) is 6.61 Å². The second-order valence-corrected chi connectivity index (χ2v) is 6.19. The zero-order valence-corrected chi connectivity index (χ0v) is 9.20. The van der Waals surface area contributed by atoms with Crippen LogP contribution in [0, 0.1) is 0 Å². The third kappa shape index (κ3) is 2.25. The van der Waals surface area contributed by atoms with Crippen molar-refractivity contribution in [3.05, 3.63) is 0 Å². The molecule has 0 bridgehead atoms. The minimum absolute atomic E-state index is 0.191. The Kier molecular flexibility index (Phi) is 3.40. The topological polar surface area (TPSA) is 9.23 Å². The summed E-state index contributed by atoms with van der Waals surface area (Å²) in [5, 5.41) is -1.69. The van der Waals surface area contributed by atoms with E-state index in [1.165, 1.54) is 0 Å². The van der Waals surface area contributed by atoms with Gasteiger partial charge in [-0.15, -0.1) is 0 Å². The quantitative estimate of drug-likeness (QED) is 0.637. The lowest BCUT2D eigenvalue weighted by Crippen LogP contribution is -2.54. The Morgan fingerprint density at radius 3 is 2.46 bits per heavy atom. The molecule has 1 aliphatic rings. The highest BCUT2D eigenvalue weighted by Crippen LogP contribution is 2.39. The van der Waals surface area contributed by atoms with Crippen LogP contribution < -0.4 is 0 Å². The van der Waals surface area contributed by atoms with Crippen LogP contribution in [0.1, 0.15) is 26.2 Å². The predicted octanol–water partition coefficient (Wildman–Crippen LogP) is 2.05. The Hall–Kier alpha value is -0.0331. The molecule has 1 atom stereocenters. The van der Waals surface area contributed by atoms with Crippen molar-refractivity contribution in [3.63, 3.8) is 0 Å². The molecule has 0 amide bonds. The van der Waals surface area contributed by atoms with Gasteiger partial charge < -0.3 is 4.74 Å². The summed E-state index contributed by atoms with van der Waals surface area (Å²) in [5.41, 5.74) is 0. The molecule has 5 heteroatoms. The summed E-state index contributed by atoms with van der Waals surface area (Å²) in [6.45, 7) is 2.10. The fourth-order valence-electron chi connectivity index (χ4n) is 1.82. The molecule has 1 fully saturated rings. The minimum Gasteiger partial charge on any atom is -0.370 e. The Balaban J connectivity index is 2.73. The summed E-state index contributed by atoms with van der Waals surface area (Å²) in [6, 6.07) is 0.652. The lowest BCUT2D eigenvalue weighted by molar-refractivity contribution is -0.253. The molecule has 1 rings (SSSR count). The highest BCUT2D eigenvalue weighted by Gasteiger charge is 2.55. The van der Waals surface area contributed by atoms with Crippen LogP contribution in [-0.2, 0) is 4.74 Å². The molecule has 1 heterocycles. The van der Waals surface area contributed by atoms with Crippen molar-refractivity contribution in [2.24, 2.45) is 0 Å². The summed E-state index contributed by atoms with van der Waals surface area (Å²) in [5.74, 6) is 0. The van der Waals surface area contributed by atoms with Crippen molar-refractivity contribution in [2.45, 2.75) is 43.6 Å². The largest absolute Gasteiger partial charge is 0.413 e. The van der Waals surface area contributed by atoms with Gasteiger partial charge in [0.1, 0.15) is 5.22 Å². The molecule has 0 aliphatic carbocycles. The van der Waals surface area contributed by atoms with Crippen LogP contribution in [0.25, 0.3) is 0 Å². The summed E-state index contributed by atoms with van der Waals surface area (Å²) < 4.78 is 43.1. The lowest BCUT2D eigenvalue weighted by atomic mass is 10.1. The predicted molar refractivity (Wildman–Crippen MR) is 47.6 cm³/mol. The third-order valence-electron chi connectivity index (χ3n) is 2.52. The number of hydrogen-bond acceptors (Lipinski definition) is 1. The molecule has 1 unspecified atom stereocenters. The van der Waals surface area contributed by atoms with Gasteiger partial charge >= 0.3 is 6.18 Å². The number of rotatable bonds is 2. The molecule has 78 valence electrons. The van der Waals surface area contributed by atoms with Crippen LogP contribution in [0.3, 0.4) is 0 Å². The fourth-order valence-corrected chi connectivity index (χ4v) is 3.70. The summed E-state index contributed by atoms with van der Waals surface area (Å²) in [7, 11) is -1.18. The van der Waals surface area contributed by atoms with Gasteiger partial charge in [-0.2, -0.15) is 13.2 Å². The summed E-state index contributed by atoms with van der Waals surface area (Å²) in [6.07, 6.45) is -2.52. The zero-order chi connectivity index (χ0) is 9.95. The number of hydrogen-bond donors (Lipinski definition) is 0. The Bertz CT molecular complexity index is 158. The van der Waals surface area contributed by atoms with E-state index < -0.39 is 20.9 Å². The highest BCUT2D eigenvalue weighted by atomic mass is 28.2. The van der Waals surface area contributed by atoms with Gasteiger partial charge in [-0.05, 0) is 19.3 Å². The normalized spacial score (nSPS) is 31.4. The van der Waals surface area contributed by atoms with Gasteiger partial charge in [-0.3, -0.25) is 0 Å². The molecule has 0 aromatic rings. The first-order valence-corrected chi connectivity index (χ1v) is 6.43. The SMILES string of the molecule is CC[SiH2]C1(C(F)(F)F)CCCCO1. The number of ether oxygens (including phenoxy) is 1. The molecule has 0 N–H and O–H groups in total. The van der Waals surface area contributed by atoms with Gasteiger partial charge in [0.15, 0.2) is 0 Å². The van der Waals surface area contributed by atoms with E-state index in [-0.39, 0.29) is 13.0 Å². The molecular weight excluding hydrogens is 197 g/mol. The van der Waals surface area contributed by atoms with E-state index in [9.17, 15) is 13.2 Å². The molecule has 0 saturated carbocycles. The maximum Gasteiger partial charge on any atom is 0.413 e. The zero-order valence-electron chi connectivity index (χ0n) is 7.78. The average molecular weight is 212 g/mol. The van der Waals surface area contributed by atoms with Crippen molar-refractivity contribution >= 4 is 9.52 Å². The van der Waals surface area contributed by atoms with E-state index >= 15 is 0 Å². The molecule has 0 radical (unpaired) electrons. The smallest absolute Gasteiger partial charge is 0.370 e. The van der Waals surface area contributed by atoms with Crippen LogP contribution in [0.2, 0.25) is 6.04 Å². The van der Waals surface area contributed by atoms with Crippen LogP contribution in [0.15, 0.2) is 0 Å². The van der Waals surface area contributed by atoms with E-state index in [4.69, 9.17) is 4.74 Å². The fraction of sp³-hybridized carbons (Fsp3) is 1.00. The molecule has 13 heavy (non-hydrogen) atoms. The van der Waals surface area contributed by atoms with Crippen molar-refractivity contribution < 1.29 is 17.9 Å². The van der Waals surface area contributed by atoms with Crippen LogP contribution >= 0.6 is 0 Å². The Morgan fingerprint density at radius 2 is 2.08 bits per heavy atom. The summed E-state index contributed by atoms with van der Waals surface area (Å²) >= 11 is 0. The van der Waals surface area contributed by atoms with Crippen LogP contribution in [0.5, 0.6) is 0 Å². The average Bonchev–Trinajstić information content (AvgIpc) is 2.04. The molecule has 1 aliphatic heterocycles. The molecule has 0 aromatic carbocycles. The molecule has 1 saturated heterocycles. The van der Waals surface area contributed by atoms with Gasteiger partial charge in [0.2, 0.25) is 0 Å². The molecule has 1 nitrogen and oxygen atoms in total. The van der Waals surface area contributed by atoms with E-state index in [1.54, 1.807) is 0 Å². The number of halogens is 3. The standard InChI is InChI=1S/C8H15F3OSi/c1-2-13-7(8(9,10)11)5-3-4-6-12-7/h2-6,13H2,1H3. The van der Waals surface area contributed by atoms with Gasteiger partial charge in [-0.25, -0.2) is 0 Å². The van der Waals surface area contributed by atoms with Crippen molar-refractivity contribution in [2.75, 3.05) is 6.61 Å². The first-order chi connectivity index (χ1) is 6.02. The molecular formula is C8H15F3OSi. The second-order valence-electron chi connectivity index (χ2n) is 3.55. The van der Waals surface area contributed by atoms with Crippen molar-refractivity contribution in [1.29, 1.82) is 0 Å². The number of alkyl halides is 3. The van der Waals surface area contributed by atoms with E-state index in [2.05, 4.69) is 0 Å². The second kappa shape index (κ2) is 4.00. The van der Waals surface area contributed by atoms with Gasteiger partial charge in [0.25, 0.3) is 0 Å². The minimum atomic E-state index is -4.14. The van der Waals surface area contributed by atoms with E-state index in [1.807, 2.05) is 6.92 Å². The highest BCUT2D eigenvalue weighted by molar-refractivity contribution is 6.40. The molecule has 0 aromatic heterocycles. The Labute approximate surface area is 78.5 Å². The van der Waals surface area contributed by atoms with Gasteiger partial charge in [-0.1, -0.05) is 13.0 Å². The molecule has 0 spiro atoms. The van der Waals surface area contributed by atoms with Crippen molar-refractivity contribution in [1.82, 2.24) is 0 Å². The maximum absolute atomic E-state index is 12.7. The van der Waals surface area contributed by atoms with Crippen LogP contribution in [-0.4, -0.2) is 27.5 Å². The van der Waals surface area contributed by atoms with E-state index in [0.29, 0.717) is 12.5 Å². The van der Waals surface area contributed by atoms with Crippen molar-refractivity contribution in [3.8, 4) is 0 Å². The van der Waals surface area contributed by atoms with Crippen LogP contribution in [0.4, 0.5) is 13.2 Å². The maximum atomic E-state index is 12.7. The Morgan fingerprint density at radius 1 is 1.38 bits per heavy atom. The monoisotopic (exact) mass is 212 g/mol.